The molecule has 7 nitrogen and oxygen atoms in total. The smallest absolute Gasteiger partial charge is 0.248 e. The topological polar surface area (TPSA) is 112 Å². The second kappa shape index (κ2) is 3.97. The molecule has 8 heteroatoms. The molecule has 96 valence electrons. The summed E-state index contributed by atoms with van der Waals surface area (Å²) in [6.45, 7) is 2.11. The predicted octanol–water partition coefficient (Wildman–Crippen LogP) is -0.473. The van der Waals surface area contributed by atoms with Crippen molar-refractivity contribution >= 4 is 15.8 Å². The van der Waals surface area contributed by atoms with Gasteiger partial charge in [-0.25, -0.2) is 8.42 Å². The number of nitrogens with zero attached hydrogens (tertiary/aromatic N) is 2. The highest BCUT2D eigenvalue weighted by Gasteiger charge is 2.36. The Balaban J connectivity index is 2.31. The van der Waals surface area contributed by atoms with Gasteiger partial charge in [0.1, 0.15) is 10.7 Å². The van der Waals surface area contributed by atoms with Crippen molar-refractivity contribution < 1.29 is 13.5 Å². The zero-order valence-electron chi connectivity index (χ0n) is 9.55. The van der Waals surface area contributed by atoms with Gasteiger partial charge < -0.3 is 10.8 Å². The van der Waals surface area contributed by atoms with Crippen LogP contribution in [0.25, 0.3) is 0 Å². The average Bonchev–Trinajstić information content (AvgIpc) is 2.63. The number of sulfonamides is 1. The molecule has 1 unspecified atom stereocenters. The van der Waals surface area contributed by atoms with Crippen molar-refractivity contribution in [2.45, 2.75) is 30.3 Å². The molecule has 0 radical (unpaired) electrons. The Bertz CT molecular complexity index is 508. The molecule has 17 heavy (non-hydrogen) atoms. The Kier molecular flexibility index (Phi) is 2.88. The Labute approximate surface area is 99.7 Å². The third-order valence-corrected chi connectivity index (χ3v) is 4.76. The van der Waals surface area contributed by atoms with E-state index in [4.69, 9.17) is 5.73 Å². The second-order valence-electron chi connectivity index (χ2n) is 4.59. The Morgan fingerprint density at radius 2 is 2.35 bits per heavy atom. The lowest BCUT2D eigenvalue weighted by molar-refractivity contribution is 0.00941. The highest BCUT2D eigenvalue weighted by Crippen LogP contribution is 2.27. The molecule has 1 aliphatic rings. The lowest BCUT2D eigenvalue weighted by Crippen LogP contribution is -2.48. The van der Waals surface area contributed by atoms with Crippen molar-refractivity contribution in [1.82, 2.24) is 14.5 Å². The first kappa shape index (κ1) is 12.3. The Hall–Kier alpha value is -1.12. The maximum atomic E-state index is 12.2. The van der Waals surface area contributed by atoms with Gasteiger partial charge in [0.05, 0.1) is 11.8 Å². The summed E-state index contributed by atoms with van der Waals surface area (Å²) in [5.74, 6) is 0.0233. The molecule has 1 aromatic heterocycles. The minimum absolute atomic E-state index is 0.0233. The number of rotatable bonds is 2. The average molecular weight is 260 g/mol. The summed E-state index contributed by atoms with van der Waals surface area (Å²) in [6.07, 6.45) is 2.41. The number of β-amino-alcohol motifs (C(OH)–C–C–N with tert-alkyl or cyclic N) is 1. The number of nitrogens with one attached hydrogen (secondary N) is 1. The van der Waals surface area contributed by atoms with E-state index in [0.29, 0.717) is 19.4 Å². The summed E-state index contributed by atoms with van der Waals surface area (Å²) in [5, 5.41) is 15.9. The van der Waals surface area contributed by atoms with E-state index in [1.165, 1.54) is 10.5 Å². The Morgan fingerprint density at radius 1 is 1.65 bits per heavy atom. The van der Waals surface area contributed by atoms with Crippen LogP contribution in [-0.4, -0.2) is 46.7 Å². The number of hydrogen-bond acceptors (Lipinski definition) is 5. The van der Waals surface area contributed by atoms with Crippen LogP contribution < -0.4 is 5.73 Å². The maximum absolute atomic E-state index is 12.2. The first-order valence-electron chi connectivity index (χ1n) is 5.34. The van der Waals surface area contributed by atoms with Crippen LogP contribution in [0.2, 0.25) is 0 Å². The van der Waals surface area contributed by atoms with Crippen LogP contribution in [0.15, 0.2) is 11.1 Å². The van der Waals surface area contributed by atoms with E-state index in [-0.39, 0.29) is 17.3 Å². The fraction of sp³-hybridized carbons (Fsp3) is 0.667. The predicted molar refractivity (Wildman–Crippen MR) is 61.6 cm³/mol. The number of anilines is 1. The molecule has 0 aliphatic carbocycles. The van der Waals surface area contributed by atoms with E-state index in [1.807, 2.05) is 0 Å². The standard InChI is InChI=1S/C9H16N4O3S/c1-9(14)3-2-4-13(6-9)17(15,16)7-5-11-12-8(7)10/h5,14H,2-4,6H2,1H3,(H3,10,11,12). The lowest BCUT2D eigenvalue weighted by Gasteiger charge is -2.35. The van der Waals surface area contributed by atoms with Crippen LogP contribution in [0.5, 0.6) is 0 Å². The van der Waals surface area contributed by atoms with E-state index in [1.54, 1.807) is 6.92 Å². The molecule has 2 heterocycles. The molecule has 2 rings (SSSR count). The van der Waals surface area contributed by atoms with Crippen LogP contribution >= 0.6 is 0 Å². The molecular formula is C9H16N4O3S. The number of piperidine rings is 1. The van der Waals surface area contributed by atoms with Crippen molar-refractivity contribution in [3.8, 4) is 0 Å². The van der Waals surface area contributed by atoms with Gasteiger partial charge in [0, 0.05) is 13.1 Å². The lowest BCUT2D eigenvalue weighted by atomic mass is 9.97. The monoisotopic (exact) mass is 260 g/mol. The van der Waals surface area contributed by atoms with Crippen LogP contribution in [0.1, 0.15) is 19.8 Å². The van der Waals surface area contributed by atoms with Gasteiger partial charge in [-0.15, -0.1) is 0 Å². The van der Waals surface area contributed by atoms with Crippen molar-refractivity contribution in [2.24, 2.45) is 0 Å². The molecule has 1 aromatic rings. The summed E-state index contributed by atoms with van der Waals surface area (Å²) in [6, 6.07) is 0. The quantitative estimate of drug-likeness (QED) is 0.665. The number of aromatic amines is 1. The summed E-state index contributed by atoms with van der Waals surface area (Å²) in [7, 11) is -3.67. The van der Waals surface area contributed by atoms with E-state index < -0.39 is 15.6 Å². The van der Waals surface area contributed by atoms with Gasteiger partial charge in [0.25, 0.3) is 0 Å². The summed E-state index contributed by atoms with van der Waals surface area (Å²) >= 11 is 0. The van der Waals surface area contributed by atoms with E-state index in [2.05, 4.69) is 10.2 Å². The number of aliphatic hydroxyl groups is 1. The molecule has 1 atom stereocenters. The zero-order chi connectivity index (χ0) is 12.7. The van der Waals surface area contributed by atoms with Crippen molar-refractivity contribution in [3.63, 3.8) is 0 Å². The van der Waals surface area contributed by atoms with Crippen LogP contribution in [0.4, 0.5) is 5.82 Å². The number of nitrogens with two attached hydrogens (primary N) is 1. The number of aromatic nitrogens is 2. The summed E-state index contributed by atoms with van der Waals surface area (Å²) in [4.78, 5) is -0.0322. The molecule has 1 saturated heterocycles. The van der Waals surface area contributed by atoms with Gasteiger partial charge in [-0.1, -0.05) is 0 Å². The van der Waals surface area contributed by atoms with Gasteiger partial charge in [0.2, 0.25) is 10.0 Å². The number of H-pyrrole nitrogens is 1. The molecule has 1 fully saturated rings. The largest absolute Gasteiger partial charge is 0.389 e. The molecular weight excluding hydrogens is 244 g/mol. The molecule has 0 bridgehead atoms. The third kappa shape index (κ3) is 2.28. The van der Waals surface area contributed by atoms with Gasteiger partial charge >= 0.3 is 0 Å². The van der Waals surface area contributed by atoms with E-state index >= 15 is 0 Å². The van der Waals surface area contributed by atoms with E-state index in [9.17, 15) is 13.5 Å². The Morgan fingerprint density at radius 3 is 2.88 bits per heavy atom. The van der Waals surface area contributed by atoms with Crippen molar-refractivity contribution in [2.75, 3.05) is 18.8 Å². The SMILES string of the molecule is CC1(O)CCCN(S(=O)(=O)c2cn[nH]c2N)C1. The molecule has 1 aliphatic heterocycles. The second-order valence-corrected chi connectivity index (χ2v) is 6.49. The fourth-order valence-electron chi connectivity index (χ4n) is 2.01. The minimum atomic E-state index is -3.67. The summed E-state index contributed by atoms with van der Waals surface area (Å²) in [5.41, 5.74) is 4.53. The maximum Gasteiger partial charge on any atom is 0.248 e. The fourth-order valence-corrected chi connectivity index (χ4v) is 3.61. The number of hydrogen-bond donors (Lipinski definition) is 3. The first-order chi connectivity index (χ1) is 7.83. The van der Waals surface area contributed by atoms with Crippen LogP contribution in [0.3, 0.4) is 0 Å². The molecule has 0 amide bonds. The van der Waals surface area contributed by atoms with Gasteiger partial charge in [-0.05, 0) is 19.8 Å². The first-order valence-corrected chi connectivity index (χ1v) is 6.78. The summed E-state index contributed by atoms with van der Waals surface area (Å²) < 4.78 is 25.7. The molecule has 4 N–H and O–H groups in total. The van der Waals surface area contributed by atoms with E-state index in [0.717, 1.165) is 0 Å². The molecule has 0 aromatic carbocycles. The highest BCUT2D eigenvalue weighted by atomic mass is 32.2. The normalized spacial score (nSPS) is 27.2. The van der Waals surface area contributed by atoms with Gasteiger partial charge in [-0.2, -0.15) is 9.40 Å². The minimum Gasteiger partial charge on any atom is -0.389 e. The van der Waals surface area contributed by atoms with Crippen molar-refractivity contribution in [1.29, 1.82) is 0 Å². The highest BCUT2D eigenvalue weighted by molar-refractivity contribution is 7.89. The molecule has 0 saturated carbocycles. The zero-order valence-corrected chi connectivity index (χ0v) is 10.4. The third-order valence-electron chi connectivity index (χ3n) is 2.89. The van der Waals surface area contributed by atoms with Crippen LogP contribution in [-0.2, 0) is 10.0 Å². The van der Waals surface area contributed by atoms with Crippen molar-refractivity contribution in [3.05, 3.63) is 6.20 Å². The molecule has 0 spiro atoms. The van der Waals surface area contributed by atoms with Gasteiger partial charge in [0.15, 0.2) is 0 Å². The van der Waals surface area contributed by atoms with Gasteiger partial charge in [-0.3, -0.25) is 5.10 Å². The number of nitrogen functional groups attached to an aromatic ring is 1. The van der Waals surface area contributed by atoms with Crippen LogP contribution in [0, 0.1) is 0 Å².